The van der Waals surface area contributed by atoms with Crippen LogP contribution in [0.2, 0.25) is 5.02 Å². The number of hydrogen-bond donors (Lipinski definition) is 1. The molecule has 0 saturated heterocycles. The second-order valence-electron chi connectivity index (χ2n) is 4.53. The lowest BCUT2D eigenvalue weighted by atomic mass is 10.1. The van der Waals surface area contributed by atoms with Crippen LogP contribution >= 0.6 is 11.6 Å². The number of carboxylic acids is 1. The summed E-state index contributed by atoms with van der Waals surface area (Å²) in [5, 5.41) is 10.6. The van der Waals surface area contributed by atoms with E-state index >= 15 is 0 Å². The number of halogens is 1. The number of hydrogen-bond acceptors (Lipinski definition) is 2. The van der Waals surface area contributed by atoms with Crippen LogP contribution in [0.5, 0.6) is 0 Å². The van der Waals surface area contributed by atoms with Gasteiger partial charge >= 0.3 is 5.97 Å². The summed E-state index contributed by atoms with van der Waals surface area (Å²) in [6, 6.07) is 8.96. The van der Waals surface area contributed by atoms with Crippen LogP contribution < -0.4 is 0 Å². The second kappa shape index (κ2) is 4.65. The lowest BCUT2D eigenvalue weighted by molar-refractivity contribution is 0.0696. The molecule has 20 heavy (non-hydrogen) atoms. The molecule has 0 aliphatic rings. The number of carbonyl (C=O) groups is 1. The molecule has 0 aliphatic heterocycles. The zero-order valence-electron chi connectivity index (χ0n) is 10.7. The number of carboxylic acid groups (broad SMARTS) is 1. The largest absolute Gasteiger partial charge is 0.478 e. The van der Waals surface area contributed by atoms with Crippen molar-refractivity contribution in [2.75, 3.05) is 0 Å². The second-order valence-corrected chi connectivity index (χ2v) is 4.93. The number of nitrogens with zero attached hydrogens (tertiary/aromatic N) is 2. The smallest absolute Gasteiger partial charge is 0.337 e. The van der Waals surface area contributed by atoms with Gasteiger partial charge in [0.25, 0.3) is 0 Å². The molecule has 4 nitrogen and oxygen atoms in total. The first kappa shape index (κ1) is 12.7. The number of aromatic carboxylic acids is 1. The molecule has 0 aliphatic carbocycles. The van der Waals surface area contributed by atoms with Crippen molar-refractivity contribution in [3.8, 4) is 11.3 Å². The fraction of sp³-hybridized carbons (Fsp3) is 0.0667. The Bertz CT molecular complexity index is 807. The maximum atomic E-state index is 10.8. The number of fused-ring (bicyclic) bond motifs is 1. The van der Waals surface area contributed by atoms with Crippen LogP contribution in [0.25, 0.3) is 22.2 Å². The van der Waals surface area contributed by atoms with Crippen molar-refractivity contribution < 1.29 is 9.90 Å². The third-order valence-electron chi connectivity index (χ3n) is 3.24. The predicted molar refractivity (Wildman–Crippen MR) is 78.1 cm³/mol. The van der Waals surface area contributed by atoms with Gasteiger partial charge in [0.15, 0.2) is 0 Å². The van der Waals surface area contributed by atoms with Gasteiger partial charge in [-0.15, -0.1) is 0 Å². The van der Waals surface area contributed by atoms with E-state index in [2.05, 4.69) is 4.98 Å². The Hall–Kier alpha value is -2.33. The normalized spacial score (nSPS) is 10.9. The van der Waals surface area contributed by atoms with Crippen molar-refractivity contribution in [2.45, 2.75) is 0 Å². The number of rotatable bonds is 2. The average molecular weight is 287 g/mol. The van der Waals surface area contributed by atoms with Gasteiger partial charge in [0.1, 0.15) is 0 Å². The molecule has 0 bridgehead atoms. The highest BCUT2D eigenvalue weighted by Gasteiger charge is 2.12. The highest BCUT2D eigenvalue weighted by Crippen LogP contribution is 2.32. The van der Waals surface area contributed by atoms with E-state index in [-0.39, 0.29) is 5.56 Å². The number of para-hydroxylation sites is 1. The molecule has 0 saturated carbocycles. The van der Waals surface area contributed by atoms with Crippen LogP contribution in [0.15, 0.2) is 42.7 Å². The maximum Gasteiger partial charge on any atom is 0.337 e. The van der Waals surface area contributed by atoms with Crippen LogP contribution in [0.3, 0.4) is 0 Å². The molecule has 0 fully saturated rings. The fourth-order valence-corrected chi connectivity index (χ4v) is 2.61. The van der Waals surface area contributed by atoms with Gasteiger partial charge in [-0.1, -0.05) is 23.7 Å². The summed E-state index contributed by atoms with van der Waals surface area (Å²) in [6.07, 6.45) is 3.31. The number of aryl methyl sites for hydroxylation is 1. The summed E-state index contributed by atoms with van der Waals surface area (Å²) >= 11 is 6.21. The molecular weight excluding hydrogens is 276 g/mol. The Morgan fingerprint density at radius 2 is 2.10 bits per heavy atom. The fourth-order valence-electron chi connectivity index (χ4n) is 2.30. The number of pyridine rings is 1. The van der Waals surface area contributed by atoms with E-state index in [1.54, 1.807) is 12.1 Å². The van der Waals surface area contributed by atoms with Gasteiger partial charge in [-0.05, 0) is 18.2 Å². The lowest BCUT2D eigenvalue weighted by Crippen LogP contribution is -1.96. The Kier molecular flexibility index (Phi) is 2.95. The van der Waals surface area contributed by atoms with Gasteiger partial charge in [0.05, 0.1) is 21.8 Å². The summed E-state index contributed by atoms with van der Waals surface area (Å²) < 4.78 is 1.94. The molecule has 100 valence electrons. The minimum atomic E-state index is -0.981. The first-order chi connectivity index (χ1) is 9.58. The topological polar surface area (TPSA) is 55.1 Å². The lowest BCUT2D eigenvalue weighted by Gasteiger charge is -2.00. The summed E-state index contributed by atoms with van der Waals surface area (Å²) in [4.78, 5) is 15.1. The molecule has 1 N–H and O–H groups in total. The molecule has 0 unspecified atom stereocenters. The van der Waals surface area contributed by atoms with E-state index < -0.39 is 5.97 Å². The van der Waals surface area contributed by atoms with E-state index in [1.807, 2.05) is 36.0 Å². The first-order valence-electron chi connectivity index (χ1n) is 6.01. The Labute approximate surface area is 120 Å². The van der Waals surface area contributed by atoms with E-state index in [0.717, 1.165) is 22.2 Å². The molecule has 5 heteroatoms. The van der Waals surface area contributed by atoms with Crippen molar-refractivity contribution in [1.29, 1.82) is 0 Å². The van der Waals surface area contributed by atoms with Gasteiger partial charge in [-0.3, -0.25) is 4.98 Å². The van der Waals surface area contributed by atoms with Gasteiger partial charge in [-0.2, -0.15) is 0 Å². The Morgan fingerprint density at radius 1 is 1.30 bits per heavy atom. The monoisotopic (exact) mass is 286 g/mol. The summed E-state index contributed by atoms with van der Waals surface area (Å²) in [7, 11) is 1.92. The van der Waals surface area contributed by atoms with E-state index in [0.29, 0.717) is 5.02 Å². The molecule has 0 radical (unpaired) electrons. The van der Waals surface area contributed by atoms with Crippen molar-refractivity contribution >= 4 is 28.5 Å². The average Bonchev–Trinajstić information content (AvgIpc) is 2.77. The summed E-state index contributed by atoms with van der Waals surface area (Å²) in [6.45, 7) is 0. The molecule has 2 heterocycles. The molecule has 0 spiro atoms. The molecule has 0 amide bonds. The van der Waals surface area contributed by atoms with Crippen molar-refractivity contribution in [3.05, 3.63) is 53.3 Å². The Morgan fingerprint density at radius 3 is 2.75 bits per heavy atom. The molecule has 1 aromatic carbocycles. The van der Waals surface area contributed by atoms with E-state index in [4.69, 9.17) is 16.7 Å². The van der Waals surface area contributed by atoms with Gasteiger partial charge in [0.2, 0.25) is 0 Å². The molecule has 2 aromatic heterocycles. The number of aromatic nitrogens is 2. The van der Waals surface area contributed by atoms with Crippen LogP contribution in [-0.2, 0) is 7.05 Å². The van der Waals surface area contributed by atoms with Gasteiger partial charge in [0, 0.05) is 30.4 Å². The van der Waals surface area contributed by atoms with Crippen LogP contribution in [0, 0.1) is 0 Å². The van der Waals surface area contributed by atoms with E-state index in [9.17, 15) is 4.79 Å². The maximum absolute atomic E-state index is 10.8. The molecule has 3 aromatic rings. The van der Waals surface area contributed by atoms with Crippen LogP contribution in [-0.4, -0.2) is 20.6 Å². The SMILES string of the molecule is Cn1cc(-c2ccc(C(=O)O)cn2)c2cccc(Cl)c21. The van der Waals surface area contributed by atoms with Crippen LogP contribution in [0.4, 0.5) is 0 Å². The third kappa shape index (κ3) is 1.94. The zero-order chi connectivity index (χ0) is 14.3. The van der Waals surface area contributed by atoms with Crippen molar-refractivity contribution in [3.63, 3.8) is 0 Å². The highest BCUT2D eigenvalue weighted by molar-refractivity contribution is 6.35. The number of benzene rings is 1. The summed E-state index contributed by atoms with van der Waals surface area (Å²) in [5.74, 6) is -0.981. The minimum absolute atomic E-state index is 0.173. The quantitative estimate of drug-likeness (QED) is 0.783. The minimum Gasteiger partial charge on any atom is -0.478 e. The molecular formula is C15H11ClN2O2. The standard InChI is InChI=1S/C15H11ClN2O2/c1-18-8-11(10-3-2-4-12(16)14(10)18)13-6-5-9(7-17-13)15(19)20/h2-8H,1H3,(H,19,20). The summed E-state index contributed by atoms with van der Waals surface area (Å²) in [5.41, 5.74) is 2.77. The zero-order valence-corrected chi connectivity index (χ0v) is 11.4. The van der Waals surface area contributed by atoms with E-state index in [1.165, 1.54) is 6.20 Å². The van der Waals surface area contributed by atoms with Crippen molar-refractivity contribution in [1.82, 2.24) is 9.55 Å². The molecule has 0 atom stereocenters. The van der Waals surface area contributed by atoms with Crippen molar-refractivity contribution in [2.24, 2.45) is 7.05 Å². The molecule has 3 rings (SSSR count). The first-order valence-corrected chi connectivity index (χ1v) is 6.39. The van der Waals surface area contributed by atoms with Gasteiger partial charge < -0.3 is 9.67 Å². The van der Waals surface area contributed by atoms with Gasteiger partial charge in [-0.25, -0.2) is 4.79 Å². The third-order valence-corrected chi connectivity index (χ3v) is 3.54. The Balaban J connectivity index is 2.20. The van der Waals surface area contributed by atoms with Crippen LogP contribution in [0.1, 0.15) is 10.4 Å². The highest BCUT2D eigenvalue weighted by atomic mass is 35.5. The predicted octanol–water partition coefficient (Wildman–Crippen LogP) is 3.59.